The molecular weight excluding hydrogens is 286 g/mol. The third-order valence-corrected chi connectivity index (χ3v) is 4.32. The van der Waals surface area contributed by atoms with Gasteiger partial charge in [0, 0.05) is 43.8 Å². The van der Waals surface area contributed by atoms with E-state index in [1.54, 1.807) is 0 Å². The summed E-state index contributed by atoms with van der Waals surface area (Å²) in [5.41, 5.74) is 2.32. The van der Waals surface area contributed by atoms with E-state index >= 15 is 0 Å². The molecule has 1 saturated heterocycles. The minimum absolute atomic E-state index is 0.642. The number of benzene rings is 1. The number of hydrogen-bond acceptors (Lipinski definition) is 5. The highest BCUT2D eigenvalue weighted by atomic mass is 15.2. The molecular formula is C18H25N5. The number of anilines is 4. The van der Waals surface area contributed by atoms with Gasteiger partial charge < -0.3 is 15.1 Å². The summed E-state index contributed by atoms with van der Waals surface area (Å²) >= 11 is 0. The summed E-state index contributed by atoms with van der Waals surface area (Å²) in [4.78, 5) is 13.6. The maximum atomic E-state index is 4.60. The van der Waals surface area contributed by atoms with Crippen LogP contribution in [-0.4, -0.2) is 36.1 Å². The van der Waals surface area contributed by atoms with E-state index in [0.717, 1.165) is 24.6 Å². The lowest BCUT2D eigenvalue weighted by molar-refractivity contribution is 0.843. The van der Waals surface area contributed by atoms with Gasteiger partial charge in [-0.15, -0.1) is 0 Å². The number of nitrogens with zero attached hydrogens (tertiary/aromatic N) is 4. The Morgan fingerprint density at radius 2 is 1.74 bits per heavy atom. The Kier molecular flexibility index (Phi) is 4.95. The lowest BCUT2D eigenvalue weighted by atomic mass is 10.2. The van der Waals surface area contributed by atoms with Crippen molar-refractivity contribution in [2.24, 2.45) is 0 Å². The predicted octanol–water partition coefficient (Wildman–Crippen LogP) is 3.67. The number of aromatic nitrogens is 2. The van der Waals surface area contributed by atoms with E-state index in [2.05, 4.69) is 63.2 Å². The fraction of sp³-hybridized carbons (Fsp3) is 0.444. The topological polar surface area (TPSA) is 44.3 Å². The highest BCUT2D eigenvalue weighted by molar-refractivity contribution is 5.60. The average Bonchev–Trinajstić information content (AvgIpc) is 3.12. The van der Waals surface area contributed by atoms with Crippen molar-refractivity contribution in [3.05, 3.63) is 36.5 Å². The van der Waals surface area contributed by atoms with Crippen molar-refractivity contribution in [3.8, 4) is 0 Å². The predicted molar refractivity (Wildman–Crippen MR) is 96.8 cm³/mol. The largest absolute Gasteiger partial charge is 0.372 e. The van der Waals surface area contributed by atoms with E-state index in [9.17, 15) is 0 Å². The molecule has 1 N–H and O–H groups in total. The number of nitrogens with one attached hydrogen (secondary N) is 1. The second-order valence-electron chi connectivity index (χ2n) is 5.78. The normalized spacial score (nSPS) is 14.1. The first kappa shape index (κ1) is 15.6. The molecule has 5 nitrogen and oxygen atoms in total. The van der Waals surface area contributed by atoms with Crippen molar-refractivity contribution < 1.29 is 0 Å². The molecule has 3 rings (SSSR count). The van der Waals surface area contributed by atoms with Gasteiger partial charge in [-0.3, -0.25) is 0 Å². The van der Waals surface area contributed by atoms with E-state index < -0.39 is 0 Å². The molecule has 0 aliphatic carbocycles. The summed E-state index contributed by atoms with van der Waals surface area (Å²) in [7, 11) is 0. The van der Waals surface area contributed by atoms with Crippen LogP contribution in [0.25, 0.3) is 0 Å². The van der Waals surface area contributed by atoms with Crippen molar-refractivity contribution >= 4 is 23.1 Å². The van der Waals surface area contributed by atoms with Crippen molar-refractivity contribution in [1.82, 2.24) is 9.97 Å². The van der Waals surface area contributed by atoms with Gasteiger partial charge in [-0.25, -0.2) is 4.98 Å². The maximum Gasteiger partial charge on any atom is 0.229 e. The zero-order chi connectivity index (χ0) is 16.1. The van der Waals surface area contributed by atoms with E-state index in [1.165, 1.54) is 31.6 Å². The van der Waals surface area contributed by atoms with Crippen molar-refractivity contribution in [2.45, 2.75) is 26.7 Å². The van der Waals surface area contributed by atoms with E-state index in [-0.39, 0.29) is 0 Å². The molecule has 23 heavy (non-hydrogen) atoms. The van der Waals surface area contributed by atoms with Crippen LogP contribution in [0.5, 0.6) is 0 Å². The zero-order valence-electron chi connectivity index (χ0n) is 14.0. The molecule has 0 spiro atoms. The molecule has 122 valence electrons. The zero-order valence-corrected chi connectivity index (χ0v) is 14.0. The third-order valence-electron chi connectivity index (χ3n) is 4.32. The van der Waals surface area contributed by atoms with Gasteiger partial charge in [0.15, 0.2) is 0 Å². The fourth-order valence-electron chi connectivity index (χ4n) is 2.99. The van der Waals surface area contributed by atoms with Crippen molar-refractivity contribution in [3.63, 3.8) is 0 Å². The van der Waals surface area contributed by atoms with Crippen LogP contribution in [0, 0.1) is 0 Å². The van der Waals surface area contributed by atoms with Crippen LogP contribution < -0.4 is 15.1 Å². The van der Waals surface area contributed by atoms with Crippen LogP contribution in [0.3, 0.4) is 0 Å². The Morgan fingerprint density at radius 1 is 1.04 bits per heavy atom. The molecule has 1 aliphatic rings. The average molecular weight is 311 g/mol. The Bertz CT molecular complexity index is 616. The lowest BCUT2D eigenvalue weighted by Crippen LogP contribution is -2.23. The Labute approximate surface area is 138 Å². The van der Waals surface area contributed by atoms with Gasteiger partial charge in [0.25, 0.3) is 0 Å². The molecule has 1 fully saturated rings. The first-order chi connectivity index (χ1) is 11.3. The minimum Gasteiger partial charge on any atom is -0.372 e. The second kappa shape index (κ2) is 7.31. The van der Waals surface area contributed by atoms with Crippen LogP contribution >= 0.6 is 0 Å². The van der Waals surface area contributed by atoms with E-state index in [4.69, 9.17) is 0 Å². The summed E-state index contributed by atoms with van der Waals surface area (Å²) in [6, 6.07) is 10.5. The fourth-order valence-corrected chi connectivity index (χ4v) is 2.99. The first-order valence-corrected chi connectivity index (χ1v) is 8.50. The van der Waals surface area contributed by atoms with Crippen molar-refractivity contribution in [1.29, 1.82) is 0 Å². The van der Waals surface area contributed by atoms with Gasteiger partial charge in [0.2, 0.25) is 5.95 Å². The number of hydrogen-bond donors (Lipinski definition) is 1. The Balaban J connectivity index is 1.70. The molecule has 1 aromatic heterocycles. The summed E-state index contributed by atoms with van der Waals surface area (Å²) in [6.07, 6.45) is 4.40. The van der Waals surface area contributed by atoms with E-state index in [1.807, 2.05) is 12.3 Å². The van der Waals surface area contributed by atoms with Gasteiger partial charge in [-0.05, 0) is 57.0 Å². The van der Waals surface area contributed by atoms with Gasteiger partial charge in [-0.1, -0.05) is 0 Å². The molecule has 0 atom stereocenters. The quantitative estimate of drug-likeness (QED) is 0.882. The number of rotatable bonds is 6. The summed E-state index contributed by atoms with van der Waals surface area (Å²) < 4.78 is 0. The molecule has 2 heterocycles. The monoisotopic (exact) mass is 311 g/mol. The standard InChI is InChI=1S/C18H25N5/c1-3-22(4-2)17-11-12-19-18(21-17)20-15-7-9-16(10-8-15)23-13-5-6-14-23/h7-12H,3-6,13-14H2,1-2H3,(H,19,20,21). The summed E-state index contributed by atoms with van der Waals surface area (Å²) in [6.45, 7) is 8.49. The van der Waals surface area contributed by atoms with Gasteiger partial charge in [-0.2, -0.15) is 4.98 Å². The molecule has 0 saturated carbocycles. The molecule has 1 aromatic carbocycles. The molecule has 0 radical (unpaired) electrons. The molecule has 0 amide bonds. The summed E-state index contributed by atoms with van der Waals surface area (Å²) in [5, 5.41) is 3.30. The maximum absolute atomic E-state index is 4.60. The summed E-state index contributed by atoms with van der Waals surface area (Å²) in [5.74, 6) is 1.60. The van der Waals surface area contributed by atoms with Crippen LogP contribution in [0.4, 0.5) is 23.1 Å². The molecule has 1 aliphatic heterocycles. The molecule has 0 bridgehead atoms. The molecule has 5 heteroatoms. The SMILES string of the molecule is CCN(CC)c1ccnc(Nc2ccc(N3CCCC3)cc2)n1. The van der Waals surface area contributed by atoms with Gasteiger partial charge in [0.05, 0.1) is 0 Å². The van der Waals surface area contributed by atoms with E-state index in [0.29, 0.717) is 5.95 Å². The minimum atomic E-state index is 0.642. The van der Waals surface area contributed by atoms with Crippen LogP contribution in [0.2, 0.25) is 0 Å². The molecule has 0 unspecified atom stereocenters. The first-order valence-electron chi connectivity index (χ1n) is 8.50. The molecule has 2 aromatic rings. The lowest BCUT2D eigenvalue weighted by Gasteiger charge is -2.20. The smallest absolute Gasteiger partial charge is 0.229 e. The second-order valence-corrected chi connectivity index (χ2v) is 5.78. The Morgan fingerprint density at radius 3 is 2.39 bits per heavy atom. The van der Waals surface area contributed by atoms with Crippen LogP contribution in [0.15, 0.2) is 36.5 Å². The van der Waals surface area contributed by atoms with Crippen molar-refractivity contribution in [2.75, 3.05) is 41.3 Å². The Hall–Kier alpha value is -2.30. The van der Waals surface area contributed by atoms with Gasteiger partial charge >= 0.3 is 0 Å². The van der Waals surface area contributed by atoms with Crippen LogP contribution in [0.1, 0.15) is 26.7 Å². The highest BCUT2D eigenvalue weighted by Gasteiger charge is 2.12. The highest BCUT2D eigenvalue weighted by Crippen LogP contribution is 2.23. The third kappa shape index (κ3) is 3.73. The van der Waals surface area contributed by atoms with Crippen LogP contribution in [-0.2, 0) is 0 Å². The van der Waals surface area contributed by atoms with Gasteiger partial charge in [0.1, 0.15) is 5.82 Å².